The van der Waals surface area contributed by atoms with Gasteiger partial charge in [0.25, 0.3) is 0 Å². The van der Waals surface area contributed by atoms with Gasteiger partial charge in [0.05, 0.1) is 18.1 Å². The summed E-state index contributed by atoms with van der Waals surface area (Å²) in [6.45, 7) is 7.21. The van der Waals surface area contributed by atoms with Crippen LogP contribution in [0, 0.1) is 0 Å². The molecule has 148 valence electrons. The van der Waals surface area contributed by atoms with Crippen molar-refractivity contribution in [3.63, 3.8) is 0 Å². The van der Waals surface area contributed by atoms with Crippen LogP contribution in [0.5, 0.6) is 5.75 Å². The fourth-order valence-electron chi connectivity index (χ4n) is 3.70. The molecule has 1 aliphatic heterocycles. The minimum Gasteiger partial charge on any atom is -0.496 e. The second kappa shape index (κ2) is 7.28. The molecule has 3 aromatic rings. The molecule has 2 aromatic carbocycles. The number of hydrogen-bond donors (Lipinski definition) is 1. The maximum absolute atomic E-state index is 12.6. The van der Waals surface area contributed by atoms with Gasteiger partial charge in [-0.3, -0.25) is 0 Å². The lowest BCUT2D eigenvalue weighted by molar-refractivity contribution is 0.397. The third-order valence-electron chi connectivity index (χ3n) is 5.21. The van der Waals surface area contributed by atoms with E-state index in [0.29, 0.717) is 11.1 Å². The summed E-state index contributed by atoms with van der Waals surface area (Å²) in [7, 11) is 1.66. The summed E-state index contributed by atoms with van der Waals surface area (Å²) >= 11 is 0. The van der Waals surface area contributed by atoms with E-state index in [0.717, 1.165) is 34.4 Å². The average Bonchev–Trinajstić information content (AvgIpc) is 2.72. The second-order valence-corrected chi connectivity index (χ2v) is 8.27. The molecule has 0 saturated heterocycles. The zero-order valence-corrected chi connectivity index (χ0v) is 17.2. The number of ether oxygens (including phenoxy) is 1. The summed E-state index contributed by atoms with van der Waals surface area (Å²) in [6.07, 6.45) is 6.03. The molecule has 4 nitrogen and oxygen atoms in total. The Kier molecular flexibility index (Phi) is 4.79. The Morgan fingerprint density at radius 3 is 2.59 bits per heavy atom. The molecule has 0 saturated carbocycles. The van der Waals surface area contributed by atoms with Crippen LogP contribution in [-0.4, -0.2) is 13.7 Å². The molecule has 0 amide bonds. The smallest absolute Gasteiger partial charge is 0.344 e. The number of allylic oxidation sites excluding steroid dienone is 2. The van der Waals surface area contributed by atoms with E-state index >= 15 is 0 Å². The third-order valence-corrected chi connectivity index (χ3v) is 5.21. The first-order valence-electron chi connectivity index (χ1n) is 9.74. The van der Waals surface area contributed by atoms with E-state index in [1.807, 2.05) is 42.6 Å². The van der Waals surface area contributed by atoms with Gasteiger partial charge in [0.15, 0.2) is 0 Å². The van der Waals surface area contributed by atoms with Crippen LogP contribution < -0.4 is 15.7 Å². The molecule has 0 radical (unpaired) electrons. The van der Waals surface area contributed by atoms with Gasteiger partial charge in [-0.05, 0) is 58.5 Å². The molecule has 2 heterocycles. The quantitative estimate of drug-likeness (QED) is 0.665. The first-order chi connectivity index (χ1) is 13.9. The fraction of sp³-hybridized carbons (Fsp3) is 0.240. The zero-order chi connectivity index (χ0) is 20.6. The zero-order valence-electron chi connectivity index (χ0n) is 17.2. The molecule has 29 heavy (non-hydrogen) atoms. The van der Waals surface area contributed by atoms with Crippen LogP contribution in [-0.2, 0) is 5.41 Å². The van der Waals surface area contributed by atoms with E-state index in [9.17, 15) is 4.79 Å². The van der Waals surface area contributed by atoms with Crippen LogP contribution in [0.15, 0.2) is 70.0 Å². The van der Waals surface area contributed by atoms with Gasteiger partial charge in [-0.25, -0.2) is 4.79 Å². The number of fused-ring (bicyclic) bond motifs is 1. The molecule has 0 bridgehead atoms. The highest BCUT2D eigenvalue weighted by atomic mass is 16.5. The van der Waals surface area contributed by atoms with Gasteiger partial charge < -0.3 is 14.5 Å². The van der Waals surface area contributed by atoms with Crippen LogP contribution in [0.1, 0.15) is 31.9 Å². The van der Waals surface area contributed by atoms with Crippen LogP contribution >= 0.6 is 0 Å². The van der Waals surface area contributed by atoms with Crippen molar-refractivity contribution in [3.05, 3.63) is 82.4 Å². The van der Waals surface area contributed by atoms with Gasteiger partial charge in [-0.1, -0.05) is 45.0 Å². The molecule has 1 aromatic heterocycles. The Morgan fingerprint density at radius 2 is 1.90 bits per heavy atom. The van der Waals surface area contributed by atoms with Crippen molar-refractivity contribution in [1.29, 1.82) is 0 Å². The van der Waals surface area contributed by atoms with E-state index in [1.54, 1.807) is 13.2 Å². The van der Waals surface area contributed by atoms with Crippen LogP contribution in [0.25, 0.3) is 27.7 Å². The van der Waals surface area contributed by atoms with Gasteiger partial charge in [0.1, 0.15) is 11.5 Å². The normalized spacial score (nSPS) is 13.9. The minimum atomic E-state index is -0.343. The molecule has 0 aliphatic carbocycles. The number of benzene rings is 2. The van der Waals surface area contributed by atoms with Crippen molar-refractivity contribution in [2.24, 2.45) is 0 Å². The van der Waals surface area contributed by atoms with Gasteiger partial charge in [0, 0.05) is 12.1 Å². The molecule has 1 N–H and O–H groups in total. The van der Waals surface area contributed by atoms with Crippen molar-refractivity contribution in [1.82, 2.24) is 5.32 Å². The summed E-state index contributed by atoms with van der Waals surface area (Å²) in [6, 6.07) is 13.6. The van der Waals surface area contributed by atoms with Crippen LogP contribution in [0.3, 0.4) is 0 Å². The maximum Gasteiger partial charge on any atom is 0.344 e. The van der Waals surface area contributed by atoms with E-state index in [2.05, 4.69) is 38.2 Å². The van der Waals surface area contributed by atoms with Crippen molar-refractivity contribution in [2.75, 3.05) is 13.7 Å². The number of dihydropyridines is 1. The van der Waals surface area contributed by atoms with E-state index in [1.165, 1.54) is 5.57 Å². The van der Waals surface area contributed by atoms with Crippen molar-refractivity contribution in [3.8, 4) is 17.1 Å². The summed E-state index contributed by atoms with van der Waals surface area (Å²) in [5.41, 5.74) is 3.62. The summed E-state index contributed by atoms with van der Waals surface area (Å²) in [5, 5.41) is 4.69. The van der Waals surface area contributed by atoms with Gasteiger partial charge in [-0.2, -0.15) is 0 Å². The standard InChI is InChI=1S/C25H25NO3/c1-25(2,3)21-13-18(17-9-7-11-26-15-17)12-20(23(21)28-4)22-14-16-8-5-6-10-19(16)24(27)29-22/h5-14,26H,15H2,1-4H3. The monoisotopic (exact) mass is 387 g/mol. The number of rotatable bonds is 3. The Hall–Kier alpha value is -3.27. The van der Waals surface area contributed by atoms with Crippen molar-refractivity contribution in [2.45, 2.75) is 26.2 Å². The Morgan fingerprint density at radius 1 is 1.10 bits per heavy atom. The number of hydrogen-bond acceptors (Lipinski definition) is 4. The molecule has 4 heteroatoms. The molecular formula is C25H25NO3. The summed E-state index contributed by atoms with van der Waals surface area (Å²) in [4.78, 5) is 12.6. The minimum absolute atomic E-state index is 0.147. The van der Waals surface area contributed by atoms with Gasteiger partial charge in [0.2, 0.25) is 0 Å². The third kappa shape index (κ3) is 3.58. The fourth-order valence-corrected chi connectivity index (χ4v) is 3.70. The van der Waals surface area contributed by atoms with Gasteiger partial charge >= 0.3 is 5.63 Å². The lowest BCUT2D eigenvalue weighted by Crippen LogP contribution is -2.16. The Balaban J connectivity index is 2.02. The highest BCUT2D eigenvalue weighted by molar-refractivity contribution is 5.86. The first-order valence-corrected chi connectivity index (χ1v) is 9.74. The summed E-state index contributed by atoms with van der Waals surface area (Å²) in [5.74, 6) is 1.25. The molecule has 0 unspecified atom stereocenters. The Labute approximate surface area is 170 Å². The van der Waals surface area contributed by atoms with Crippen LogP contribution in [0.2, 0.25) is 0 Å². The highest BCUT2D eigenvalue weighted by Crippen LogP contribution is 2.42. The maximum atomic E-state index is 12.6. The average molecular weight is 387 g/mol. The molecule has 1 aliphatic rings. The number of nitrogens with one attached hydrogen (secondary N) is 1. The van der Waals surface area contributed by atoms with Crippen molar-refractivity contribution >= 4 is 16.3 Å². The molecule has 0 atom stereocenters. The molecule has 0 fully saturated rings. The topological polar surface area (TPSA) is 51.5 Å². The largest absolute Gasteiger partial charge is 0.496 e. The predicted molar refractivity (Wildman–Crippen MR) is 118 cm³/mol. The molecular weight excluding hydrogens is 362 g/mol. The van der Waals surface area contributed by atoms with Crippen molar-refractivity contribution < 1.29 is 9.15 Å². The number of methoxy groups -OCH3 is 1. The van der Waals surface area contributed by atoms with Gasteiger partial charge in [-0.15, -0.1) is 0 Å². The lowest BCUT2D eigenvalue weighted by atomic mass is 9.82. The predicted octanol–water partition coefficient (Wildman–Crippen LogP) is 5.27. The Bertz CT molecular complexity index is 1190. The molecule has 0 spiro atoms. The second-order valence-electron chi connectivity index (χ2n) is 8.27. The lowest BCUT2D eigenvalue weighted by Gasteiger charge is -2.26. The molecule has 4 rings (SSSR count). The van der Waals surface area contributed by atoms with E-state index in [4.69, 9.17) is 9.15 Å². The SMILES string of the molecule is COc1c(-c2cc3ccccc3c(=O)o2)cc(C2=CC=CNC2)cc1C(C)(C)C. The first kappa shape index (κ1) is 19.1. The summed E-state index contributed by atoms with van der Waals surface area (Å²) < 4.78 is 11.6. The van der Waals surface area contributed by atoms with E-state index < -0.39 is 0 Å². The van der Waals surface area contributed by atoms with Crippen LogP contribution in [0.4, 0.5) is 0 Å². The van der Waals surface area contributed by atoms with E-state index in [-0.39, 0.29) is 11.0 Å². The highest BCUT2D eigenvalue weighted by Gasteiger charge is 2.25.